The maximum absolute atomic E-state index is 12.0. The third-order valence-electron chi connectivity index (χ3n) is 5.03. The number of amides is 2. The van der Waals surface area contributed by atoms with Crippen LogP contribution in [0.4, 0.5) is 4.79 Å². The van der Waals surface area contributed by atoms with Gasteiger partial charge in [0.05, 0.1) is 6.54 Å². The molecule has 1 aromatic carbocycles. The van der Waals surface area contributed by atoms with Crippen molar-refractivity contribution in [3.8, 4) is 0 Å². The summed E-state index contributed by atoms with van der Waals surface area (Å²) in [5.74, 6) is -0.807. The van der Waals surface area contributed by atoms with Crippen molar-refractivity contribution in [2.24, 2.45) is 0 Å². The van der Waals surface area contributed by atoms with Crippen LogP contribution in [0.15, 0.2) is 30.5 Å². The molecule has 0 radical (unpaired) electrons. The van der Waals surface area contributed by atoms with Gasteiger partial charge in [0.2, 0.25) is 0 Å². The highest BCUT2D eigenvalue weighted by molar-refractivity contribution is 5.80. The minimum atomic E-state index is -0.807. The van der Waals surface area contributed by atoms with E-state index in [1.54, 1.807) is 0 Å². The van der Waals surface area contributed by atoms with Crippen LogP contribution in [0.3, 0.4) is 0 Å². The quantitative estimate of drug-likeness (QED) is 0.580. The third kappa shape index (κ3) is 4.54. The first-order valence-corrected chi connectivity index (χ1v) is 9.11. The number of likely N-dealkylation sites (N-methyl/N-ethyl adjacent to an activating group) is 1. The summed E-state index contributed by atoms with van der Waals surface area (Å²) in [5.41, 5.74) is 2.30. The van der Waals surface area contributed by atoms with E-state index in [1.807, 2.05) is 24.1 Å². The van der Waals surface area contributed by atoms with E-state index >= 15 is 0 Å². The molecule has 0 unspecified atom stereocenters. The van der Waals surface area contributed by atoms with Gasteiger partial charge in [-0.1, -0.05) is 13.0 Å². The molecule has 1 heterocycles. The lowest BCUT2D eigenvalue weighted by Crippen LogP contribution is -2.56. The lowest BCUT2D eigenvalue weighted by molar-refractivity contribution is -0.139. The number of aliphatic carboxylic acids is 1. The molecule has 140 valence electrons. The summed E-state index contributed by atoms with van der Waals surface area (Å²) in [7, 11) is 0. The molecule has 0 bridgehead atoms. The zero-order chi connectivity index (χ0) is 18.5. The third-order valence-corrected chi connectivity index (χ3v) is 5.03. The summed E-state index contributed by atoms with van der Waals surface area (Å²) in [6.07, 6.45) is 4.31. The molecule has 1 aliphatic rings. The molecule has 4 N–H and O–H groups in total. The highest BCUT2D eigenvalue weighted by Gasteiger charge is 2.34. The molecule has 0 spiro atoms. The first-order valence-electron chi connectivity index (χ1n) is 9.11. The Morgan fingerprint density at radius 2 is 2.12 bits per heavy atom. The number of carboxylic acids is 1. The van der Waals surface area contributed by atoms with Crippen LogP contribution >= 0.6 is 0 Å². The van der Waals surface area contributed by atoms with E-state index in [0.29, 0.717) is 13.1 Å². The number of carbonyl (C=O) groups is 2. The number of H-pyrrole nitrogens is 1. The summed E-state index contributed by atoms with van der Waals surface area (Å²) in [6, 6.07) is 8.50. The predicted octanol–water partition coefficient (Wildman–Crippen LogP) is 1.95. The van der Waals surface area contributed by atoms with Crippen molar-refractivity contribution >= 4 is 22.9 Å². The Morgan fingerprint density at radius 3 is 2.85 bits per heavy atom. The fourth-order valence-corrected chi connectivity index (χ4v) is 3.49. The van der Waals surface area contributed by atoms with Crippen molar-refractivity contribution in [2.75, 3.05) is 19.6 Å². The number of benzene rings is 1. The number of hydrogen-bond donors (Lipinski definition) is 4. The Morgan fingerprint density at radius 1 is 1.31 bits per heavy atom. The van der Waals surface area contributed by atoms with Gasteiger partial charge in [0.15, 0.2) is 0 Å². The Bertz CT molecular complexity index is 767. The molecular formula is C19H26N4O3. The zero-order valence-corrected chi connectivity index (χ0v) is 15.0. The van der Waals surface area contributed by atoms with Gasteiger partial charge in [0, 0.05) is 30.3 Å². The van der Waals surface area contributed by atoms with Crippen molar-refractivity contribution in [3.63, 3.8) is 0 Å². The van der Waals surface area contributed by atoms with Gasteiger partial charge in [-0.15, -0.1) is 0 Å². The molecule has 2 amide bonds. The van der Waals surface area contributed by atoms with Crippen LogP contribution < -0.4 is 10.6 Å². The van der Waals surface area contributed by atoms with Crippen molar-refractivity contribution < 1.29 is 14.7 Å². The molecule has 3 rings (SSSR count). The largest absolute Gasteiger partial charge is 0.480 e. The van der Waals surface area contributed by atoms with E-state index in [2.05, 4.69) is 33.8 Å². The second-order valence-corrected chi connectivity index (χ2v) is 6.83. The average molecular weight is 358 g/mol. The standard InChI is InChI=1S/C19H26N4O3/c1-2-23(12-18(24)25)16-10-15(11-16)22-19(26)21-7-5-13-3-4-17-14(9-13)6-8-20-17/h3-4,6,8-9,15-16,20H,2,5,7,10-12H2,1H3,(H,24,25)(H2,21,22,26). The number of nitrogens with zero attached hydrogens (tertiary/aromatic N) is 1. The molecule has 7 nitrogen and oxygen atoms in total. The van der Waals surface area contributed by atoms with Crippen molar-refractivity contribution in [1.29, 1.82) is 0 Å². The summed E-state index contributed by atoms with van der Waals surface area (Å²) in [5, 5.41) is 15.9. The van der Waals surface area contributed by atoms with Gasteiger partial charge in [-0.2, -0.15) is 0 Å². The smallest absolute Gasteiger partial charge is 0.317 e. The van der Waals surface area contributed by atoms with Crippen molar-refractivity contribution in [3.05, 3.63) is 36.0 Å². The summed E-state index contributed by atoms with van der Waals surface area (Å²) in [4.78, 5) is 27.9. The lowest BCUT2D eigenvalue weighted by atomic mass is 9.85. The van der Waals surface area contributed by atoms with Gasteiger partial charge in [0.1, 0.15) is 0 Å². The number of carbonyl (C=O) groups excluding carboxylic acids is 1. The summed E-state index contributed by atoms with van der Waals surface area (Å²) < 4.78 is 0. The van der Waals surface area contributed by atoms with Crippen LogP contribution in [-0.4, -0.2) is 58.7 Å². The number of hydrogen-bond acceptors (Lipinski definition) is 3. The molecular weight excluding hydrogens is 332 g/mol. The normalized spacial score (nSPS) is 19.3. The molecule has 0 aliphatic heterocycles. The number of rotatable bonds is 8. The van der Waals surface area contributed by atoms with Gasteiger partial charge >= 0.3 is 12.0 Å². The molecule has 0 atom stereocenters. The number of aromatic nitrogens is 1. The highest BCUT2D eigenvalue weighted by atomic mass is 16.4. The lowest BCUT2D eigenvalue weighted by Gasteiger charge is -2.42. The van der Waals surface area contributed by atoms with Crippen LogP contribution in [0.25, 0.3) is 10.9 Å². The minimum absolute atomic E-state index is 0.0611. The Labute approximate surface area is 152 Å². The van der Waals surface area contributed by atoms with E-state index < -0.39 is 5.97 Å². The van der Waals surface area contributed by atoms with Gasteiger partial charge in [0.25, 0.3) is 0 Å². The van der Waals surface area contributed by atoms with Gasteiger partial charge in [-0.05, 0) is 55.0 Å². The summed E-state index contributed by atoms with van der Waals surface area (Å²) >= 11 is 0. The van der Waals surface area contributed by atoms with Gasteiger partial charge < -0.3 is 20.7 Å². The first kappa shape index (κ1) is 18.3. The van der Waals surface area contributed by atoms with Crippen molar-refractivity contribution in [1.82, 2.24) is 20.5 Å². The molecule has 2 aromatic rings. The van der Waals surface area contributed by atoms with Crippen LogP contribution in [0, 0.1) is 0 Å². The maximum Gasteiger partial charge on any atom is 0.317 e. The second-order valence-electron chi connectivity index (χ2n) is 6.83. The Hall–Kier alpha value is -2.54. The molecule has 1 aromatic heterocycles. The van der Waals surface area contributed by atoms with Crippen LogP contribution in [0.2, 0.25) is 0 Å². The molecule has 1 aliphatic carbocycles. The monoisotopic (exact) mass is 358 g/mol. The van der Waals surface area contributed by atoms with E-state index in [-0.39, 0.29) is 24.7 Å². The summed E-state index contributed by atoms with van der Waals surface area (Å²) in [6.45, 7) is 3.31. The minimum Gasteiger partial charge on any atom is -0.480 e. The predicted molar refractivity (Wildman–Crippen MR) is 100 cm³/mol. The molecule has 1 saturated carbocycles. The van der Waals surface area contributed by atoms with Crippen LogP contribution in [-0.2, 0) is 11.2 Å². The van der Waals surface area contributed by atoms with Gasteiger partial charge in [-0.3, -0.25) is 9.69 Å². The maximum atomic E-state index is 12.0. The number of nitrogens with one attached hydrogen (secondary N) is 3. The van der Waals surface area contributed by atoms with Crippen molar-refractivity contribution in [2.45, 2.75) is 38.3 Å². The van der Waals surface area contributed by atoms with E-state index in [4.69, 9.17) is 5.11 Å². The fraction of sp³-hybridized carbons (Fsp3) is 0.474. The second kappa shape index (κ2) is 8.23. The molecule has 7 heteroatoms. The number of urea groups is 1. The van der Waals surface area contributed by atoms with E-state index in [1.165, 1.54) is 10.9 Å². The highest BCUT2D eigenvalue weighted by Crippen LogP contribution is 2.25. The number of carboxylic acid groups (broad SMARTS) is 1. The first-order chi connectivity index (χ1) is 12.5. The topological polar surface area (TPSA) is 97.5 Å². The number of aromatic amines is 1. The molecule has 0 saturated heterocycles. The van der Waals surface area contributed by atoms with Crippen LogP contribution in [0.5, 0.6) is 0 Å². The SMILES string of the molecule is CCN(CC(=O)O)C1CC(NC(=O)NCCc2ccc3[nH]ccc3c2)C1. The fourth-order valence-electron chi connectivity index (χ4n) is 3.49. The number of fused-ring (bicyclic) bond motifs is 1. The zero-order valence-electron chi connectivity index (χ0n) is 15.0. The van der Waals surface area contributed by atoms with Crippen LogP contribution in [0.1, 0.15) is 25.3 Å². The Kier molecular flexibility index (Phi) is 5.78. The average Bonchev–Trinajstić information content (AvgIpc) is 3.03. The Balaban J connectivity index is 1.35. The molecule has 1 fully saturated rings. The van der Waals surface area contributed by atoms with E-state index in [9.17, 15) is 9.59 Å². The van der Waals surface area contributed by atoms with Gasteiger partial charge in [-0.25, -0.2) is 4.79 Å². The van der Waals surface area contributed by atoms with E-state index in [0.717, 1.165) is 24.8 Å². The molecule has 26 heavy (non-hydrogen) atoms.